The zero-order chi connectivity index (χ0) is 15.2. The highest BCUT2D eigenvalue weighted by Crippen LogP contribution is 2.28. The zero-order valence-corrected chi connectivity index (χ0v) is 14.5. The van der Waals surface area contributed by atoms with Gasteiger partial charge in [0.2, 0.25) is 0 Å². The van der Waals surface area contributed by atoms with Gasteiger partial charge in [0.05, 0.1) is 12.3 Å². The Balaban J connectivity index is 2.04. The number of piperazine rings is 1. The number of ether oxygens (including phenoxy) is 1. The van der Waals surface area contributed by atoms with Crippen molar-refractivity contribution in [2.75, 3.05) is 44.7 Å². The van der Waals surface area contributed by atoms with Gasteiger partial charge in [0.25, 0.3) is 0 Å². The molecule has 1 aliphatic rings. The summed E-state index contributed by atoms with van der Waals surface area (Å²) in [5, 5.41) is 4.63. The first-order valence-electron chi connectivity index (χ1n) is 7.82. The molecular formula is C15H28N4OS. The highest BCUT2D eigenvalue weighted by Gasteiger charge is 2.20. The van der Waals surface area contributed by atoms with Crippen LogP contribution in [0.4, 0.5) is 5.13 Å². The van der Waals surface area contributed by atoms with Crippen molar-refractivity contribution in [1.29, 1.82) is 0 Å². The maximum Gasteiger partial charge on any atom is 0.186 e. The van der Waals surface area contributed by atoms with Crippen LogP contribution in [-0.2, 0) is 17.9 Å². The molecule has 1 fully saturated rings. The van der Waals surface area contributed by atoms with E-state index in [4.69, 9.17) is 9.72 Å². The lowest BCUT2D eigenvalue weighted by Crippen LogP contribution is -2.46. The summed E-state index contributed by atoms with van der Waals surface area (Å²) in [6.45, 7) is 13.6. The van der Waals surface area contributed by atoms with E-state index in [1.165, 1.54) is 4.88 Å². The Labute approximate surface area is 132 Å². The standard InChI is InChI=1S/C15H28N4OS/c1-5-18-6-8-19(9-7-18)15-17-13(11-20-4)14(21-15)10-16-12(2)3/h12,16H,5-11H2,1-4H3. The molecule has 0 atom stereocenters. The quantitative estimate of drug-likeness (QED) is 0.833. The van der Waals surface area contributed by atoms with Crippen LogP contribution in [0.5, 0.6) is 0 Å². The predicted molar refractivity (Wildman–Crippen MR) is 89.1 cm³/mol. The van der Waals surface area contributed by atoms with Gasteiger partial charge in [-0.15, -0.1) is 11.3 Å². The number of hydrogen-bond donors (Lipinski definition) is 1. The van der Waals surface area contributed by atoms with Crippen molar-refractivity contribution in [3.8, 4) is 0 Å². The summed E-state index contributed by atoms with van der Waals surface area (Å²) < 4.78 is 5.30. The lowest BCUT2D eigenvalue weighted by Gasteiger charge is -2.33. The van der Waals surface area contributed by atoms with Crippen LogP contribution in [-0.4, -0.2) is 55.8 Å². The number of hydrogen-bond acceptors (Lipinski definition) is 6. The molecule has 2 rings (SSSR count). The minimum atomic E-state index is 0.485. The van der Waals surface area contributed by atoms with Crippen LogP contribution < -0.4 is 10.2 Å². The van der Waals surface area contributed by atoms with E-state index in [1.54, 1.807) is 7.11 Å². The van der Waals surface area contributed by atoms with Gasteiger partial charge in [-0.3, -0.25) is 0 Å². The number of rotatable bonds is 7. The zero-order valence-electron chi connectivity index (χ0n) is 13.7. The Morgan fingerprint density at radius 2 is 2.00 bits per heavy atom. The van der Waals surface area contributed by atoms with Gasteiger partial charge in [0, 0.05) is 50.8 Å². The third kappa shape index (κ3) is 4.64. The maximum atomic E-state index is 5.30. The van der Waals surface area contributed by atoms with Crippen molar-refractivity contribution in [2.45, 2.75) is 40.0 Å². The molecule has 120 valence electrons. The highest BCUT2D eigenvalue weighted by molar-refractivity contribution is 7.15. The Morgan fingerprint density at radius 1 is 1.29 bits per heavy atom. The average Bonchev–Trinajstić information content (AvgIpc) is 2.89. The number of methoxy groups -OCH3 is 1. The van der Waals surface area contributed by atoms with E-state index < -0.39 is 0 Å². The van der Waals surface area contributed by atoms with Gasteiger partial charge in [0.1, 0.15) is 0 Å². The molecule has 1 N–H and O–H groups in total. The molecule has 0 aliphatic carbocycles. The Kier molecular flexibility index (Phi) is 6.41. The molecule has 21 heavy (non-hydrogen) atoms. The SMILES string of the molecule is CCN1CCN(c2nc(COC)c(CNC(C)C)s2)CC1. The number of likely N-dealkylation sites (N-methyl/N-ethyl adjacent to an activating group) is 1. The number of anilines is 1. The summed E-state index contributed by atoms with van der Waals surface area (Å²) in [6.07, 6.45) is 0. The largest absolute Gasteiger partial charge is 0.378 e. The topological polar surface area (TPSA) is 40.6 Å². The van der Waals surface area contributed by atoms with Crippen LogP contribution >= 0.6 is 11.3 Å². The Hall–Kier alpha value is -0.690. The van der Waals surface area contributed by atoms with E-state index in [9.17, 15) is 0 Å². The van der Waals surface area contributed by atoms with E-state index >= 15 is 0 Å². The summed E-state index contributed by atoms with van der Waals surface area (Å²) in [7, 11) is 1.73. The molecule has 6 heteroatoms. The number of thiazole rings is 1. The number of nitrogens with one attached hydrogen (secondary N) is 1. The first-order chi connectivity index (χ1) is 10.1. The first-order valence-corrected chi connectivity index (χ1v) is 8.63. The third-order valence-corrected chi connectivity index (χ3v) is 4.97. The molecule has 1 saturated heterocycles. The predicted octanol–water partition coefficient (Wildman–Crippen LogP) is 1.93. The smallest absolute Gasteiger partial charge is 0.186 e. The maximum absolute atomic E-state index is 5.30. The summed E-state index contributed by atoms with van der Waals surface area (Å²) >= 11 is 1.81. The molecule has 0 saturated carbocycles. The van der Waals surface area contributed by atoms with Gasteiger partial charge >= 0.3 is 0 Å². The molecule has 1 aromatic heterocycles. The monoisotopic (exact) mass is 312 g/mol. The molecule has 0 amide bonds. The van der Waals surface area contributed by atoms with E-state index in [1.807, 2.05) is 11.3 Å². The van der Waals surface area contributed by atoms with Crippen LogP contribution in [0.15, 0.2) is 0 Å². The van der Waals surface area contributed by atoms with Crippen LogP contribution in [0.3, 0.4) is 0 Å². The summed E-state index contributed by atoms with van der Waals surface area (Å²) in [6, 6.07) is 0.485. The van der Waals surface area contributed by atoms with Gasteiger partial charge in [0.15, 0.2) is 5.13 Å². The van der Waals surface area contributed by atoms with Gasteiger partial charge in [-0.1, -0.05) is 20.8 Å². The summed E-state index contributed by atoms with van der Waals surface area (Å²) in [4.78, 5) is 11.0. The first kappa shape index (κ1) is 16.7. The molecule has 0 radical (unpaired) electrons. The average molecular weight is 312 g/mol. The Morgan fingerprint density at radius 3 is 2.57 bits per heavy atom. The van der Waals surface area contributed by atoms with Gasteiger partial charge < -0.3 is 19.9 Å². The molecule has 0 aromatic carbocycles. The minimum absolute atomic E-state index is 0.485. The van der Waals surface area contributed by atoms with Crippen molar-refractivity contribution in [2.24, 2.45) is 0 Å². The van der Waals surface area contributed by atoms with Crippen molar-refractivity contribution < 1.29 is 4.74 Å². The second-order valence-electron chi connectivity index (χ2n) is 5.76. The fourth-order valence-corrected chi connectivity index (χ4v) is 3.51. The molecule has 5 nitrogen and oxygen atoms in total. The highest BCUT2D eigenvalue weighted by atomic mass is 32.1. The third-order valence-electron chi connectivity index (χ3n) is 3.81. The van der Waals surface area contributed by atoms with Crippen LogP contribution in [0.1, 0.15) is 31.3 Å². The number of aromatic nitrogens is 1. The van der Waals surface area contributed by atoms with Crippen LogP contribution in [0, 0.1) is 0 Å². The van der Waals surface area contributed by atoms with Crippen LogP contribution in [0.2, 0.25) is 0 Å². The molecular weight excluding hydrogens is 284 g/mol. The molecule has 2 heterocycles. The lowest BCUT2D eigenvalue weighted by molar-refractivity contribution is 0.181. The van der Waals surface area contributed by atoms with Crippen molar-refractivity contribution in [1.82, 2.24) is 15.2 Å². The van der Waals surface area contributed by atoms with E-state index in [0.717, 1.165) is 50.1 Å². The van der Waals surface area contributed by atoms with Gasteiger partial charge in [-0.2, -0.15) is 0 Å². The second kappa shape index (κ2) is 8.08. The molecule has 0 bridgehead atoms. The van der Waals surface area contributed by atoms with E-state index in [-0.39, 0.29) is 0 Å². The summed E-state index contributed by atoms with van der Waals surface area (Å²) in [5.74, 6) is 0. The Bertz CT molecular complexity index is 427. The molecule has 0 unspecified atom stereocenters. The minimum Gasteiger partial charge on any atom is -0.378 e. The van der Waals surface area contributed by atoms with Crippen molar-refractivity contribution in [3.05, 3.63) is 10.6 Å². The van der Waals surface area contributed by atoms with Gasteiger partial charge in [-0.25, -0.2) is 4.98 Å². The van der Waals surface area contributed by atoms with Crippen molar-refractivity contribution in [3.63, 3.8) is 0 Å². The van der Waals surface area contributed by atoms with Crippen molar-refractivity contribution >= 4 is 16.5 Å². The second-order valence-corrected chi connectivity index (χ2v) is 6.82. The summed E-state index contributed by atoms with van der Waals surface area (Å²) in [5.41, 5.74) is 1.09. The lowest BCUT2D eigenvalue weighted by atomic mass is 10.3. The number of nitrogens with zero attached hydrogens (tertiary/aromatic N) is 3. The molecule has 0 spiro atoms. The fraction of sp³-hybridized carbons (Fsp3) is 0.800. The molecule has 1 aromatic rings. The normalized spacial score (nSPS) is 16.9. The van der Waals surface area contributed by atoms with Crippen LogP contribution in [0.25, 0.3) is 0 Å². The molecule has 1 aliphatic heterocycles. The van der Waals surface area contributed by atoms with E-state index in [2.05, 4.69) is 35.9 Å². The van der Waals surface area contributed by atoms with Gasteiger partial charge in [-0.05, 0) is 6.54 Å². The fourth-order valence-electron chi connectivity index (χ4n) is 2.44. The van der Waals surface area contributed by atoms with E-state index in [0.29, 0.717) is 12.6 Å².